The van der Waals surface area contributed by atoms with E-state index in [0.29, 0.717) is 0 Å². The van der Waals surface area contributed by atoms with Crippen molar-refractivity contribution in [2.24, 2.45) is 0 Å². The van der Waals surface area contributed by atoms with E-state index in [2.05, 4.69) is 16.4 Å². The molecule has 1 amide bonds. The second kappa shape index (κ2) is 3.19. The molecule has 1 aliphatic heterocycles. The maximum Gasteiger partial charge on any atom is 0.235 e. The van der Waals surface area contributed by atoms with Crippen LogP contribution in [0, 0.1) is 0 Å². The Morgan fingerprint density at radius 1 is 1.17 bits per heavy atom. The molecule has 3 heteroatoms. The monoisotopic (exact) mass is 236 g/mol. The molecular weight excluding hydrogens is 224 g/mol. The number of anilines is 1. The zero-order chi connectivity index (χ0) is 12.2. The van der Waals surface area contributed by atoms with Crippen molar-refractivity contribution in [2.45, 2.75) is 17.8 Å². The number of rotatable bonds is 1. The van der Waals surface area contributed by atoms with Gasteiger partial charge in [-0.25, -0.2) is 0 Å². The number of pyridine rings is 1. The maximum atomic E-state index is 12.3. The van der Waals surface area contributed by atoms with Gasteiger partial charge in [-0.2, -0.15) is 0 Å². The Labute approximate surface area is 105 Å². The van der Waals surface area contributed by atoms with Gasteiger partial charge in [0, 0.05) is 23.5 Å². The van der Waals surface area contributed by atoms with Crippen molar-refractivity contribution in [3.8, 4) is 0 Å². The van der Waals surface area contributed by atoms with Gasteiger partial charge in [-0.15, -0.1) is 0 Å². The summed E-state index contributed by atoms with van der Waals surface area (Å²) >= 11 is 0. The highest BCUT2D eigenvalue weighted by atomic mass is 16.2. The topological polar surface area (TPSA) is 42.0 Å². The zero-order valence-corrected chi connectivity index (χ0v) is 9.76. The molecule has 1 spiro atoms. The van der Waals surface area contributed by atoms with E-state index >= 15 is 0 Å². The van der Waals surface area contributed by atoms with Crippen LogP contribution in [0.4, 0.5) is 5.69 Å². The summed E-state index contributed by atoms with van der Waals surface area (Å²) in [6, 6.07) is 13.9. The van der Waals surface area contributed by atoms with Crippen LogP contribution in [0.25, 0.3) is 0 Å². The Balaban J connectivity index is 1.81. The zero-order valence-electron chi connectivity index (χ0n) is 9.76. The van der Waals surface area contributed by atoms with Gasteiger partial charge in [0.25, 0.3) is 0 Å². The Kier molecular flexibility index (Phi) is 1.74. The molecule has 0 bridgehead atoms. The number of nitrogens with zero attached hydrogens (tertiary/aromatic N) is 1. The molecule has 2 atom stereocenters. The molecule has 1 aliphatic carbocycles. The quantitative estimate of drug-likeness (QED) is 0.826. The third-order valence-corrected chi connectivity index (χ3v) is 4.07. The highest BCUT2D eigenvalue weighted by Gasteiger charge is 2.65. The van der Waals surface area contributed by atoms with E-state index in [9.17, 15) is 4.79 Å². The number of benzene rings is 1. The predicted molar refractivity (Wildman–Crippen MR) is 68.3 cm³/mol. The van der Waals surface area contributed by atoms with Crippen molar-refractivity contribution in [3.05, 3.63) is 59.9 Å². The molecule has 2 heterocycles. The summed E-state index contributed by atoms with van der Waals surface area (Å²) in [4.78, 5) is 16.6. The van der Waals surface area contributed by atoms with Crippen LogP contribution in [-0.2, 0) is 10.2 Å². The number of carbonyl (C=O) groups excluding carboxylic acids is 1. The Bertz CT molecular complexity index is 638. The summed E-state index contributed by atoms with van der Waals surface area (Å²) in [6.45, 7) is 0. The van der Waals surface area contributed by atoms with Gasteiger partial charge < -0.3 is 5.32 Å². The van der Waals surface area contributed by atoms with Gasteiger partial charge >= 0.3 is 0 Å². The Morgan fingerprint density at radius 2 is 2.00 bits per heavy atom. The van der Waals surface area contributed by atoms with E-state index in [0.717, 1.165) is 23.4 Å². The maximum absolute atomic E-state index is 12.3. The molecule has 0 radical (unpaired) electrons. The fourth-order valence-electron chi connectivity index (χ4n) is 3.09. The fourth-order valence-corrected chi connectivity index (χ4v) is 3.09. The molecule has 1 fully saturated rings. The van der Waals surface area contributed by atoms with E-state index < -0.39 is 0 Å². The smallest absolute Gasteiger partial charge is 0.235 e. The van der Waals surface area contributed by atoms with Crippen LogP contribution in [0.1, 0.15) is 23.6 Å². The highest BCUT2D eigenvalue weighted by molar-refractivity contribution is 6.09. The molecule has 0 saturated heterocycles. The molecule has 1 N–H and O–H groups in total. The molecular formula is C15H12N2O. The minimum absolute atomic E-state index is 0.124. The van der Waals surface area contributed by atoms with Crippen LogP contribution in [0.5, 0.6) is 0 Å². The number of hydrogen-bond donors (Lipinski definition) is 1. The number of amides is 1. The number of carbonyl (C=O) groups is 1. The van der Waals surface area contributed by atoms with Crippen LogP contribution >= 0.6 is 0 Å². The van der Waals surface area contributed by atoms with E-state index in [-0.39, 0.29) is 17.2 Å². The molecule has 2 aliphatic rings. The lowest BCUT2D eigenvalue weighted by molar-refractivity contribution is -0.118. The van der Waals surface area contributed by atoms with Crippen LogP contribution in [0.3, 0.4) is 0 Å². The van der Waals surface area contributed by atoms with Crippen LogP contribution in [-0.4, -0.2) is 10.9 Å². The number of aromatic nitrogens is 1. The van der Waals surface area contributed by atoms with Gasteiger partial charge in [0.1, 0.15) is 0 Å². The number of para-hydroxylation sites is 1. The lowest BCUT2D eigenvalue weighted by Crippen LogP contribution is -2.21. The average Bonchev–Trinajstić information content (AvgIpc) is 3.10. The first kappa shape index (κ1) is 9.83. The van der Waals surface area contributed by atoms with E-state index in [1.54, 1.807) is 6.20 Å². The molecule has 1 aromatic heterocycles. The third-order valence-electron chi connectivity index (χ3n) is 4.07. The normalized spacial score (nSPS) is 28.0. The van der Waals surface area contributed by atoms with Crippen LogP contribution in [0.15, 0.2) is 48.7 Å². The van der Waals surface area contributed by atoms with Gasteiger partial charge in [0.15, 0.2) is 0 Å². The van der Waals surface area contributed by atoms with Crippen LogP contribution < -0.4 is 5.32 Å². The number of nitrogens with one attached hydrogen (secondary N) is 1. The molecule has 1 aromatic carbocycles. The third kappa shape index (κ3) is 1.09. The first-order valence-electron chi connectivity index (χ1n) is 6.14. The van der Waals surface area contributed by atoms with Crippen LogP contribution in [0.2, 0.25) is 0 Å². The van der Waals surface area contributed by atoms with Gasteiger partial charge in [-0.3, -0.25) is 9.78 Å². The van der Waals surface area contributed by atoms with E-state index in [4.69, 9.17) is 0 Å². The van der Waals surface area contributed by atoms with Crippen molar-refractivity contribution >= 4 is 11.6 Å². The summed E-state index contributed by atoms with van der Waals surface area (Å²) in [5.74, 6) is 0.349. The van der Waals surface area contributed by atoms with Gasteiger partial charge in [0.05, 0.1) is 5.41 Å². The lowest BCUT2D eigenvalue weighted by atomic mass is 9.93. The highest BCUT2D eigenvalue weighted by Crippen LogP contribution is 2.64. The van der Waals surface area contributed by atoms with Gasteiger partial charge in [0.2, 0.25) is 5.91 Å². The summed E-state index contributed by atoms with van der Waals surface area (Å²) < 4.78 is 0. The second-order valence-corrected chi connectivity index (χ2v) is 4.98. The number of hydrogen-bond acceptors (Lipinski definition) is 2. The molecule has 18 heavy (non-hydrogen) atoms. The van der Waals surface area contributed by atoms with Gasteiger partial charge in [-0.1, -0.05) is 24.3 Å². The minimum Gasteiger partial charge on any atom is -0.325 e. The molecule has 4 rings (SSSR count). The standard InChI is InChI=1S/C15H12N2O/c18-14-15(10-5-1-2-7-13(10)17-14)9-11(15)12-6-3-4-8-16-12/h1-8,11H,9H2,(H,17,18)/t11-,15-/m0/s1. The first-order valence-corrected chi connectivity index (χ1v) is 6.14. The van der Waals surface area contributed by atoms with E-state index in [1.807, 2.05) is 36.4 Å². The van der Waals surface area contributed by atoms with Gasteiger partial charge in [-0.05, 0) is 30.2 Å². The van der Waals surface area contributed by atoms with E-state index in [1.165, 1.54) is 0 Å². The minimum atomic E-state index is -0.356. The Hall–Kier alpha value is -2.16. The lowest BCUT2D eigenvalue weighted by Gasteiger charge is -2.07. The molecule has 2 aromatic rings. The fraction of sp³-hybridized carbons (Fsp3) is 0.200. The summed E-state index contributed by atoms with van der Waals surface area (Å²) in [7, 11) is 0. The predicted octanol–water partition coefficient (Wildman–Crippen LogP) is 2.46. The second-order valence-electron chi connectivity index (χ2n) is 4.98. The molecule has 0 unspecified atom stereocenters. The summed E-state index contributed by atoms with van der Waals surface area (Å²) in [5.41, 5.74) is 2.75. The van der Waals surface area contributed by atoms with Crippen molar-refractivity contribution in [1.82, 2.24) is 4.98 Å². The molecule has 3 nitrogen and oxygen atoms in total. The number of fused-ring (bicyclic) bond motifs is 2. The summed E-state index contributed by atoms with van der Waals surface area (Å²) in [5, 5.41) is 2.98. The average molecular weight is 236 g/mol. The SMILES string of the molecule is O=C1Nc2ccccc2[C@]12C[C@H]2c1ccccn1. The molecule has 1 saturated carbocycles. The molecule has 88 valence electrons. The largest absolute Gasteiger partial charge is 0.325 e. The summed E-state index contributed by atoms with van der Waals surface area (Å²) in [6.07, 6.45) is 2.66. The van der Waals surface area contributed by atoms with Crippen molar-refractivity contribution < 1.29 is 4.79 Å². The Morgan fingerprint density at radius 3 is 2.83 bits per heavy atom. The van der Waals surface area contributed by atoms with Crippen molar-refractivity contribution in [1.29, 1.82) is 0 Å². The van der Waals surface area contributed by atoms with Crippen molar-refractivity contribution in [3.63, 3.8) is 0 Å². The van der Waals surface area contributed by atoms with Crippen molar-refractivity contribution in [2.75, 3.05) is 5.32 Å². The first-order chi connectivity index (χ1) is 8.82.